The molecule has 1 aliphatic carbocycles. The highest BCUT2D eigenvalue weighted by molar-refractivity contribution is 7.17. The smallest absolute Gasteiger partial charge is 0.341 e. The Morgan fingerprint density at radius 1 is 1.26 bits per heavy atom. The second-order valence-electron chi connectivity index (χ2n) is 7.63. The number of anilines is 1. The van der Waals surface area contributed by atoms with Gasteiger partial charge in [-0.15, -0.1) is 11.3 Å². The number of aryl methyl sites for hydroxylation is 1. The van der Waals surface area contributed by atoms with Crippen molar-refractivity contribution in [2.24, 2.45) is 0 Å². The molecule has 2 aliphatic rings. The Kier molecular flexibility index (Phi) is 6.89. The molecule has 27 heavy (non-hydrogen) atoms. The molecule has 1 N–H and O–H groups in total. The van der Waals surface area contributed by atoms with Gasteiger partial charge >= 0.3 is 5.97 Å². The molecule has 0 unspecified atom stereocenters. The molecule has 0 radical (unpaired) electrons. The maximum absolute atomic E-state index is 12.7. The standard InChI is InChI=1S/C20H31N3O3S/c1-4-26-20(25)18-15-7-5-6-8-16(15)27-19(18)21-17(24)13-23(3)14-9-11-22(2)12-10-14/h14H,4-13H2,1-3H3,(H,21,24). The Morgan fingerprint density at radius 2 is 1.96 bits per heavy atom. The van der Waals surface area contributed by atoms with Gasteiger partial charge in [0.15, 0.2) is 0 Å². The number of ether oxygens (including phenoxy) is 1. The zero-order valence-electron chi connectivity index (χ0n) is 16.7. The molecular weight excluding hydrogens is 362 g/mol. The average molecular weight is 394 g/mol. The Bertz CT molecular complexity index is 680. The van der Waals surface area contributed by atoms with Gasteiger partial charge < -0.3 is 15.0 Å². The molecule has 6 nitrogen and oxygen atoms in total. The van der Waals surface area contributed by atoms with Crippen LogP contribution in [0.5, 0.6) is 0 Å². The van der Waals surface area contributed by atoms with Gasteiger partial charge in [-0.3, -0.25) is 9.69 Å². The molecular formula is C20H31N3O3S. The number of piperidine rings is 1. The van der Waals surface area contributed by atoms with Crippen molar-refractivity contribution in [3.05, 3.63) is 16.0 Å². The summed E-state index contributed by atoms with van der Waals surface area (Å²) in [6, 6.07) is 0.438. The molecule has 1 amide bonds. The van der Waals surface area contributed by atoms with Gasteiger partial charge in [0.05, 0.1) is 18.7 Å². The molecule has 1 fully saturated rings. The number of nitrogens with zero attached hydrogens (tertiary/aromatic N) is 2. The summed E-state index contributed by atoms with van der Waals surface area (Å²) in [4.78, 5) is 30.9. The topological polar surface area (TPSA) is 61.9 Å². The van der Waals surface area contributed by atoms with Crippen molar-refractivity contribution in [2.45, 2.75) is 51.5 Å². The van der Waals surface area contributed by atoms with Crippen LogP contribution >= 0.6 is 11.3 Å². The van der Waals surface area contributed by atoms with E-state index >= 15 is 0 Å². The number of amides is 1. The molecule has 1 aliphatic heterocycles. The van der Waals surface area contributed by atoms with Crippen LogP contribution in [0.4, 0.5) is 5.00 Å². The molecule has 7 heteroatoms. The number of carbonyl (C=O) groups excluding carboxylic acids is 2. The number of hydrogen-bond donors (Lipinski definition) is 1. The molecule has 1 aromatic rings. The highest BCUT2D eigenvalue weighted by Gasteiger charge is 2.28. The predicted octanol–water partition coefficient (Wildman–Crippen LogP) is 2.77. The van der Waals surface area contributed by atoms with E-state index in [1.165, 1.54) is 4.88 Å². The number of thiophene rings is 1. The monoisotopic (exact) mass is 393 g/mol. The summed E-state index contributed by atoms with van der Waals surface area (Å²) < 4.78 is 5.26. The Balaban J connectivity index is 1.68. The zero-order valence-corrected chi connectivity index (χ0v) is 17.5. The highest BCUT2D eigenvalue weighted by atomic mass is 32.1. The number of carbonyl (C=O) groups is 2. The van der Waals surface area contributed by atoms with Gasteiger partial charge in [-0.2, -0.15) is 0 Å². The Hall–Kier alpha value is -1.44. The van der Waals surface area contributed by atoms with Gasteiger partial charge in [-0.05, 0) is 78.2 Å². The molecule has 3 rings (SSSR count). The van der Waals surface area contributed by atoms with Crippen molar-refractivity contribution in [2.75, 3.05) is 45.7 Å². The number of likely N-dealkylation sites (N-methyl/N-ethyl adjacent to an activating group) is 1. The van der Waals surface area contributed by atoms with Crippen LogP contribution in [0.15, 0.2) is 0 Å². The zero-order chi connectivity index (χ0) is 19.4. The Labute approximate surface area is 165 Å². The van der Waals surface area contributed by atoms with Crippen LogP contribution < -0.4 is 5.32 Å². The minimum atomic E-state index is -0.309. The third-order valence-corrected chi connectivity index (χ3v) is 6.82. The van der Waals surface area contributed by atoms with Crippen molar-refractivity contribution in [3.8, 4) is 0 Å². The first-order valence-electron chi connectivity index (χ1n) is 9.99. The van der Waals surface area contributed by atoms with Crippen LogP contribution in [0, 0.1) is 0 Å². The normalized spacial score (nSPS) is 18.4. The molecule has 0 saturated carbocycles. The maximum Gasteiger partial charge on any atom is 0.341 e. The molecule has 0 bridgehead atoms. The number of likely N-dealkylation sites (tertiary alicyclic amines) is 1. The highest BCUT2D eigenvalue weighted by Crippen LogP contribution is 2.38. The molecule has 1 saturated heterocycles. The van der Waals surface area contributed by atoms with Crippen molar-refractivity contribution in [1.29, 1.82) is 0 Å². The minimum absolute atomic E-state index is 0.0550. The fourth-order valence-electron chi connectivity index (χ4n) is 4.03. The quantitative estimate of drug-likeness (QED) is 0.753. The van der Waals surface area contributed by atoms with Crippen molar-refractivity contribution in [3.63, 3.8) is 0 Å². The van der Waals surface area contributed by atoms with Crippen molar-refractivity contribution in [1.82, 2.24) is 9.80 Å². The summed E-state index contributed by atoms with van der Waals surface area (Å²) >= 11 is 1.55. The molecule has 2 heterocycles. The van der Waals surface area contributed by atoms with E-state index in [9.17, 15) is 9.59 Å². The van der Waals surface area contributed by atoms with Crippen LogP contribution in [0.2, 0.25) is 0 Å². The Morgan fingerprint density at radius 3 is 2.67 bits per heavy atom. The van der Waals surface area contributed by atoms with Crippen LogP contribution in [0.1, 0.15) is 53.4 Å². The van der Waals surface area contributed by atoms with Gasteiger partial charge in [-0.1, -0.05) is 0 Å². The second kappa shape index (κ2) is 9.17. The minimum Gasteiger partial charge on any atom is -0.462 e. The third kappa shape index (κ3) is 4.89. The third-order valence-electron chi connectivity index (χ3n) is 5.61. The largest absolute Gasteiger partial charge is 0.462 e. The summed E-state index contributed by atoms with van der Waals surface area (Å²) in [7, 11) is 4.15. The lowest BCUT2D eigenvalue weighted by molar-refractivity contribution is -0.117. The lowest BCUT2D eigenvalue weighted by Gasteiger charge is -2.34. The van der Waals surface area contributed by atoms with E-state index < -0.39 is 0 Å². The predicted molar refractivity (Wildman–Crippen MR) is 109 cm³/mol. The van der Waals surface area contributed by atoms with Crippen LogP contribution in [0.3, 0.4) is 0 Å². The van der Waals surface area contributed by atoms with E-state index in [1.807, 2.05) is 14.0 Å². The number of esters is 1. The first-order valence-corrected chi connectivity index (χ1v) is 10.8. The van der Waals surface area contributed by atoms with Gasteiger partial charge in [0, 0.05) is 10.9 Å². The fourth-order valence-corrected chi connectivity index (χ4v) is 5.32. The maximum atomic E-state index is 12.7. The summed E-state index contributed by atoms with van der Waals surface area (Å²) in [5, 5.41) is 3.68. The van der Waals surface area contributed by atoms with E-state index in [2.05, 4.69) is 22.2 Å². The SMILES string of the molecule is CCOC(=O)c1c(NC(=O)CN(C)C2CCN(C)CC2)sc2c1CCCC2. The van der Waals surface area contributed by atoms with Crippen molar-refractivity contribution >= 4 is 28.2 Å². The number of hydrogen-bond acceptors (Lipinski definition) is 6. The van der Waals surface area contributed by atoms with E-state index in [0.717, 1.165) is 57.2 Å². The lowest BCUT2D eigenvalue weighted by Crippen LogP contribution is -2.44. The molecule has 0 aromatic carbocycles. The number of fused-ring (bicyclic) bond motifs is 1. The van der Waals surface area contributed by atoms with Gasteiger partial charge in [0.2, 0.25) is 5.91 Å². The molecule has 0 spiro atoms. The summed E-state index contributed by atoms with van der Waals surface area (Å²) in [6.45, 7) is 4.64. The second-order valence-corrected chi connectivity index (χ2v) is 8.74. The van der Waals surface area contributed by atoms with Gasteiger partial charge in [-0.25, -0.2) is 4.79 Å². The first-order chi connectivity index (χ1) is 13.0. The average Bonchev–Trinajstić information content (AvgIpc) is 3.00. The van der Waals surface area contributed by atoms with Crippen LogP contribution in [0.25, 0.3) is 0 Å². The number of rotatable bonds is 6. The number of nitrogens with one attached hydrogen (secondary N) is 1. The molecule has 0 atom stereocenters. The van der Waals surface area contributed by atoms with Crippen LogP contribution in [-0.4, -0.2) is 68.1 Å². The van der Waals surface area contributed by atoms with E-state index in [0.29, 0.717) is 29.8 Å². The fraction of sp³-hybridized carbons (Fsp3) is 0.700. The summed E-state index contributed by atoms with van der Waals surface area (Å²) in [5.74, 6) is -0.364. The van der Waals surface area contributed by atoms with E-state index in [1.54, 1.807) is 11.3 Å². The van der Waals surface area contributed by atoms with E-state index in [4.69, 9.17) is 4.74 Å². The lowest BCUT2D eigenvalue weighted by atomic mass is 9.95. The van der Waals surface area contributed by atoms with E-state index in [-0.39, 0.29) is 11.9 Å². The summed E-state index contributed by atoms with van der Waals surface area (Å²) in [5.41, 5.74) is 1.68. The summed E-state index contributed by atoms with van der Waals surface area (Å²) in [6.07, 6.45) is 6.27. The van der Waals surface area contributed by atoms with Crippen LogP contribution in [-0.2, 0) is 22.4 Å². The molecule has 150 valence electrons. The van der Waals surface area contributed by atoms with Gasteiger partial charge in [0.25, 0.3) is 0 Å². The van der Waals surface area contributed by atoms with Crippen molar-refractivity contribution < 1.29 is 14.3 Å². The first kappa shape index (κ1) is 20.3. The van der Waals surface area contributed by atoms with Gasteiger partial charge in [0.1, 0.15) is 5.00 Å². The molecule has 1 aromatic heterocycles.